The van der Waals surface area contributed by atoms with Crippen LogP contribution in [-0.4, -0.2) is 16.3 Å². The van der Waals surface area contributed by atoms with Crippen LogP contribution in [0.25, 0.3) is 11.0 Å². The molecule has 21 heavy (non-hydrogen) atoms. The van der Waals surface area contributed by atoms with Gasteiger partial charge in [-0.15, -0.1) is 13.2 Å². The Morgan fingerprint density at radius 1 is 1.00 bits per heavy atom. The van der Waals surface area contributed by atoms with Gasteiger partial charge in [0.05, 0.1) is 11.0 Å². The number of hydrogen-bond acceptors (Lipinski definition) is 3. The minimum atomic E-state index is -4.69. The highest BCUT2D eigenvalue weighted by Gasteiger charge is 2.30. The first-order valence-electron chi connectivity index (χ1n) is 6.07. The third kappa shape index (κ3) is 3.25. The molecule has 3 aromatic rings. The lowest BCUT2D eigenvalue weighted by molar-refractivity contribution is -0.274. The summed E-state index contributed by atoms with van der Waals surface area (Å²) in [5.41, 5.74) is 2.28. The summed E-state index contributed by atoms with van der Waals surface area (Å²) in [6, 6.07) is 12.9. The van der Waals surface area contributed by atoms with E-state index in [1.165, 1.54) is 24.3 Å². The van der Waals surface area contributed by atoms with E-state index in [9.17, 15) is 13.2 Å². The molecule has 0 radical (unpaired) electrons. The van der Waals surface area contributed by atoms with E-state index in [0.29, 0.717) is 11.6 Å². The Bertz CT molecular complexity index is 717. The van der Waals surface area contributed by atoms with Crippen LogP contribution in [0.5, 0.6) is 5.75 Å². The average Bonchev–Trinajstić information content (AvgIpc) is 2.81. The number of halogens is 3. The topological polar surface area (TPSA) is 49.9 Å². The predicted octanol–water partition coefficient (Wildman–Crippen LogP) is 4.21. The number of fused-ring (bicyclic) bond motifs is 1. The third-order valence-electron chi connectivity index (χ3n) is 2.74. The summed E-state index contributed by atoms with van der Waals surface area (Å²) >= 11 is 0. The van der Waals surface area contributed by atoms with Crippen LogP contribution in [0.3, 0.4) is 0 Å². The lowest BCUT2D eigenvalue weighted by Crippen LogP contribution is -2.16. The molecule has 0 aliphatic heterocycles. The van der Waals surface area contributed by atoms with Gasteiger partial charge in [0.1, 0.15) is 5.75 Å². The van der Waals surface area contributed by atoms with E-state index in [2.05, 4.69) is 20.0 Å². The number of alkyl halides is 3. The summed E-state index contributed by atoms with van der Waals surface area (Å²) in [7, 11) is 0. The Morgan fingerprint density at radius 2 is 1.71 bits per heavy atom. The molecule has 0 saturated carbocycles. The Morgan fingerprint density at radius 3 is 2.38 bits per heavy atom. The monoisotopic (exact) mass is 293 g/mol. The van der Waals surface area contributed by atoms with Gasteiger partial charge in [0, 0.05) is 5.69 Å². The molecule has 2 aromatic carbocycles. The summed E-state index contributed by atoms with van der Waals surface area (Å²) in [4.78, 5) is 7.38. The van der Waals surface area contributed by atoms with Crippen LogP contribution in [-0.2, 0) is 0 Å². The molecular formula is C14H10F3N3O. The van der Waals surface area contributed by atoms with E-state index in [-0.39, 0.29) is 5.75 Å². The maximum atomic E-state index is 12.1. The molecule has 1 heterocycles. The summed E-state index contributed by atoms with van der Waals surface area (Å²) in [6.45, 7) is 0. The smallest absolute Gasteiger partial charge is 0.406 e. The molecule has 3 rings (SSSR count). The van der Waals surface area contributed by atoms with Gasteiger partial charge in [-0.2, -0.15) is 0 Å². The van der Waals surface area contributed by atoms with Crippen molar-refractivity contribution in [3.63, 3.8) is 0 Å². The van der Waals surface area contributed by atoms with Gasteiger partial charge >= 0.3 is 6.36 Å². The van der Waals surface area contributed by atoms with E-state index in [0.717, 1.165) is 11.0 Å². The van der Waals surface area contributed by atoms with E-state index >= 15 is 0 Å². The minimum Gasteiger partial charge on any atom is -0.406 e. The number of aromatic nitrogens is 2. The third-order valence-corrected chi connectivity index (χ3v) is 2.74. The maximum Gasteiger partial charge on any atom is 0.573 e. The molecule has 1 aromatic heterocycles. The number of rotatable bonds is 3. The van der Waals surface area contributed by atoms with Gasteiger partial charge in [-0.25, -0.2) is 4.98 Å². The summed E-state index contributed by atoms with van der Waals surface area (Å²) in [5, 5.41) is 2.98. The first-order chi connectivity index (χ1) is 9.99. The van der Waals surface area contributed by atoms with Crippen molar-refractivity contribution in [2.45, 2.75) is 6.36 Å². The molecule has 7 heteroatoms. The lowest BCUT2D eigenvalue weighted by Gasteiger charge is -2.09. The van der Waals surface area contributed by atoms with Crippen molar-refractivity contribution in [1.29, 1.82) is 0 Å². The van der Waals surface area contributed by atoms with Gasteiger partial charge in [-0.1, -0.05) is 12.1 Å². The second-order valence-corrected chi connectivity index (χ2v) is 4.30. The Balaban J connectivity index is 1.75. The summed E-state index contributed by atoms with van der Waals surface area (Å²) in [5.74, 6) is 0.248. The van der Waals surface area contributed by atoms with E-state index < -0.39 is 6.36 Å². The molecule has 108 valence electrons. The van der Waals surface area contributed by atoms with Crippen LogP contribution in [0.1, 0.15) is 0 Å². The second kappa shape index (κ2) is 5.01. The molecule has 0 aliphatic rings. The fourth-order valence-corrected chi connectivity index (χ4v) is 1.89. The Labute approximate surface area is 117 Å². The summed E-state index contributed by atoms with van der Waals surface area (Å²) < 4.78 is 40.0. The number of benzene rings is 2. The first kappa shape index (κ1) is 13.3. The van der Waals surface area contributed by atoms with Crippen molar-refractivity contribution < 1.29 is 17.9 Å². The highest BCUT2D eigenvalue weighted by molar-refractivity contribution is 5.78. The zero-order valence-corrected chi connectivity index (χ0v) is 10.6. The van der Waals surface area contributed by atoms with Crippen molar-refractivity contribution in [3.05, 3.63) is 48.5 Å². The number of anilines is 2. The van der Waals surface area contributed by atoms with Crippen molar-refractivity contribution in [3.8, 4) is 5.75 Å². The van der Waals surface area contributed by atoms with Crippen LogP contribution in [0.4, 0.5) is 24.8 Å². The molecule has 0 saturated heterocycles. The molecule has 0 bridgehead atoms. The molecule has 4 nitrogen and oxygen atoms in total. The first-order valence-corrected chi connectivity index (χ1v) is 6.07. The number of ether oxygens (including phenoxy) is 1. The van der Waals surface area contributed by atoms with Crippen molar-refractivity contribution in [2.75, 3.05) is 5.32 Å². The molecule has 0 aliphatic carbocycles. The van der Waals surface area contributed by atoms with Crippen molar-refractivity contribution in [2.24, 2.45) is 0 Å². The quantitative estimate of drug-likeness (QED) is 0.760. The van der Waals surface area contributed by atoms with Crippen LogP contribution in [0.15, 0.2) is 48.5 Å². The highest BCUT2D eigenvalue weighted by atomic mass is 19.4. The number of hydrogen-bond donors (Lipinski definition) is 2. The number of para-hydroxylation sites is 2. The highest BCUT2D eigenvalue weighted by Crippen LogP contribution is 2.25. The maximum absolute atomic E-state index is 12.1. The number of H-pyrrole nitrogens is 1. The van der Waals surface area contributed by atoms with Crippen molar-refractivity contribution >= 4 is 22.7 Å². The van der Waals surface area contributed by atoms with E-state index in [1.807, 2.05) is 24.3 Å². The van der Waals surface area contributed by atoms with Gasteiger partial charge in [0.25, 0.3) is 0 Å². The molecule has 0 fully saturated rings. The SMILES string of the molecule is FC(F)(F)Oc1ccc(Nc2nc3ccccc3[nH]2)cc1. The molecular weight excluding hydrogens is 283 g/mol. The second-order valence-electron chi connectivity index (χ2n) is 4.30. The number of nitrogens with one attached hydrogen (secondary N) is 2. The zero-order valence-electron chi connectivity index (χ0n) is 10.6. The van der Waals surface area contributed by atoms with Gasteiger partial charge in [0.15, 0.2) is 0 Å². The number of imidazole rings is 1. The number of aromatic amines is 1. The van der Waals surface area contributed by atoms with Crippen LogP contribution < -0.4 is 10.1 Å². The van der Waals surface area contributed by atoms with Gasteiger partial charge in [-0.3, -0.25) is 0 Å². The molecule has 2 N–H and O–H groups in total. The lowest BCUT2D eigenvalue weighted by atomic mass is 10.3. The van der Waals surface area contributed by atoms with Gasteiger partial charge < -0.3 is 15.0 Å². The summed E-state index contributed by atoms with van der Waals surface area (Å²) in [6.07, 6.45) is -4.69. The van der Waals surface area contributed by atoms with Gasteiger partial charge in [-0.05, 0) is 36.4 Å². The molecule has 0 atom stereocenters. The average molecular weight is 293 g/mol. The van der Waals surface area contributed by atoms with E-state index in [1.54, 1.807) is 0 Å². The fraction of sp³-hybridized carbons (Fsp3) is 0.0714. The Kier molecular flexibility index (Phi) is 3.17. The molecule has 0 spiro atoms. The minimum absolute atomic E-state index is 0.266. The predicted molar refractivity (Wildman–Crippen MR) is 72.5 cm³/mol. The van der Waals surface area contributed by atoms with Crippen LogP contribution >= 0.6 is 0 Å². The van der Waals surface area contributed by atoms with Gasteiger partial charge in [0.2, 0.25) is 5.95 Å². The molecule has 0 amide bonds. The zero-order chi connectivity index (χ0) is 14.9. The van der Waals surface area contributed by atoms with Crippen LogP contribution in [0, 0.1) is 0 Å². The Hall–Kier alpha value is -2.70. The molecule has 0 unspecified atom stereocenters. The van der Waals surface area contributed by atoms with Crippen molar-refractivity contribution in [1.82, 2.24) is 9.97 Å². The largest absolute Gasteiger partial charge is 0.573 e. The number of nitrogens with zero attached hydrogens (tertiary/aromatic N) is 1. The standard InChI is InChI=1S/C14H10F3N3O/c15-14(16,17)21-10-7-5-9(6-8-10)18-13-19-11-3-1-2-4-12(11)20-13/h1-8H,(H2,18,19,20). The van der Waals surface area contributed by atoms with E-state index in [4.69, 9.17) is 0 Å². The fourth-order valence-electron chi connectivity index (χ4n) is 1.89. The van der Waals surface area contributed by atoms with Crippen LogP contribution in [0.2, 0.25) is 0 Å². The normalized spacial score (nSPS) is 11.6.